The molecular weight excluding hydrogens is 282 g/mol. The Morgan fingerprint density at radius 1 is 1.35 bits per heavy atom. The maximum Gasteiger partial charge on any atom is 0.125 e. The number of furan rings is 1. The normalized spacial score (nSPS) is 12.4. The van der Waals surface area contributed by atoms with Crippen LogP contribution >= 0.6 is 15.9 Å². The van der Waals surface area contributed by atoms with E-state index in [9.17, 15) is 0 Å². The lowest BCUT2D eigenvalue weighted by molar-refractivity contribution is 0.396. The van der Waals surface area contributed by atoms with Crippen molar-refractivity contribution in [2.45, 2.75) is 6.04 Å². The van der Waals surface area contributed by atoms with E-state index in [0.717, 1.165) is 21.5 Å². The molecule has 1 atom stereocenters. The van der Waals surface area contributed by atoms with E-state index >= 15 is 0 Å². The standard InChI is InChI=1S/C13H14BrNO2/c1-15-13(11-4-3-7-17-11)10-6-5-9(14)8-12(10)16-2/h3-8,13,15H,1-2H3. The number of benzene rings is 1. The molecule has 17 heavy (non-hydrogen) atoms. The molecule has 0 aliphatic heterocycles. The number of hydrogen-bond acceptors (Lipinski definition) is 3. The molecule has 0 fully saturated rings. The Morgan fingerprint density at radius 2 is 2.18 bits per heavy atom. The van der Waals surface area contributed by atoms with E-state index in [4.69, 9.17) is 9.15 Å². The second-order valence-electron chi connectivity index (χ2n) is 3.62. The van der Waals surface area contributed by atoms with Crippen LogP contribution in [0.1, 0.15) is 17.4 Å². The van der Waals surface area contributed by atoms with Gasteiger partial charge in [-0.25, -0.2) is 0 Å². The average Bonchev–Trinajstić information content (AvgIpc) is 2.85. The zero-order valence-corrected chi connectivity index (χ0v) is 11.3. The Morgan fingerprint density at radius 3 is 2.76 bits per heavy atom. The summed E-state index contributed by atoms with van der Waals surface area (Å²) in [7, 11) is 3.56. The van der Waals surface area contributed by atoms with Gasteiger partial charge in [0, 0.05) is 10.0 Å². The zero-order chi connectivity index (χ0) is 12.3. The van der Waals surface area contributed by atoms with Gasteiger partial charge < -0.3 is 14.5 Å². The number of rotatable bonds is 4. The van der Waals surface area contributed by atoms with Gasteiger partial charge in [-0.15, -0.1) is 0 Å². The van der Waals surface area contributed by atoms with Crippen LogP contribution in [0.25, 0.3) is 0 Å². The van der Waals surface area contributed by atoms with Crippen molar-refractivity contribution in [3.8, 4) is 5.75 Å². The SMILES string of the molecule is CNC(c1ccco1)c1ccc(Br)cc1OC. The fourth-order valence-corrected chi connectivity index (χ4v) is 2.17. The monoisotopic (exact) mass is 295 g/mol. The topological polar surface area (TPSA) is 34.4 Å². The van der Waals surface area contributed by atoms with Gasteiger partial charge in [-0.1, -0.05) is 22.0 Å². The number of halogens is 1. The molecule has 2 aromatic rings. The first-order chi connectivity index (χ1) is 8.26. The molecule has 0 saturated heterocycles. The van der Waals surface area contributed by atoms with Crippen LogP contribution in [0, 0.1) is 0 Å². The summed E-state index contributed by atoms with van der Waals surface area (Å²) < 4.78 is 11.8. The first kappa shape index (κ1) is 12.2. The molecule has 0 aliphatic carbocycles. The minimum atomic E-state index is -0.00644. The number of ether oxygens (including phenoxy) is 1. The van der Waals surface area contributed by atoms with Gasteiger partial charge in [0.25, 0.3) is 0 Å². The van der Waals surface area contributed by atoms with Gasteiger partial charge in [0.2, 0.25) is 0 Å². The Kier molecular flexibility index (Phi) is 3.86. The van der Waals surface area contributed by atoms with Gasteiger partial charge >= 0.3 is 0 Å². The highest BCUT2D eigenvalue weighted by molar-refractivity contribution is 9.10. The van der Waals surface area contributed by atoms with Crippen molar-refractivity contribution in [3.63, 3.8) is 0 Å². The van der Waals surface area contributed by atoms with Crippen molar-refractivity contribution < 1.29 is 9.15 Å². The molecule has 0 aliphatic rings. The number of hydrogen-bond donors (Lipinski definition) is 1. The molecule has 0 amide bonds. The van der Waals surface area contributed by atoms with Gasteiger partial charge in [0.05, 0.1) is 19.4 Å². The van der Waals surface area contributed by atoms with Gasteiger partial charge in [-0.2, -0.15) is 0 Å². The predicted molar refractivity (Wildman–Crippen MR) is 70.3 cm³/mol. The summed E-state index contributed by atoms with van der Waals surface area (Å²) in [5.41, 5.74) is 1.05. The van der Waals surface area contributed by atoms with E-state index in [1.807, 2.05) is 37.4 Å². The lowest BCUT2D eigenvalue weighted by atomic mass is 10.0. The number of methoxy groups -OCH3 is 1. The van der Waals surface area contributed by atoms with Crippen LogP contribution in [-0.2, 0) is 0 Å². The molecule has 2 rings (SSSR count). The van der Waals surface area contributed by atoms with E-state index in [2.05, 4.69) is 21.2 Å². The van der Waals surface area contributed by atoms with Gasteiger partial charge in [0.15, 0.2) is 0 Å². The fourth-order valence-electron chi connectivity index (χ4n) is 1.83. The first-order valence-corrected chi connectivity index (χ1v) is 6.09. The highest BCUT2D eigenvalue weighted by Crippen LogP contribution is 2.32. The average molecular weight is 296 g/mol. The summed E-state index contributed by atoms with van der Waals surface area (Å²) >= 11 is 3.43. The molecule has 1 heterocycles. The molecule has 1 unspecified atom stereocenters. The summed E-state index contributed by atoms with van der Waals surface area (Å²) in [4.78, 5) is 0. The molecule has 1 aromatic carbocycles. The van der Waals surface area contributed by atoms with Crippen molar-refractivity contribution in [2.24, 2.45) is 0 Å². The Balaban J connectivity index is 2.44. The van der Waals surface area contributed by atoms with Crippen LogP contribution in [0.4, 0.5) is 0 Å². The lowest BCUT2D eigenvalue weighted by Gasteiger charge is -2.17. The van der Waals surface area contributed by atoms with E-state index in [1.54, 1.807) is 13.4 Å². The van der Waals surface area contributed by atoms with E-state index in [0.29, 0.717) is 0 Å². The maximum absolute atomic E-state index is 5.44. The first-order valence-electron chi connectivity index (χ1n) is 5.30. The Labute approximate surface area is 109 Å². The third kappa shape index (κ3) is 2.53. The van der Waals surface area contributed by atoms with Crippen LogP contribution in [0.2, 0.25) is 0 Å². The van der Waals surface area contributed by atoms with Crippen LogP contribution in [0.3, 0.4) is 0 Å². The van der Waals surface area contributed by atoms with Crippen molar-refractivity contribution in [1.29, 1.82) is 0 Å². The second kappa shape index (κ2) is 5.38. The molecule has 0 saturated carbocycles. The van der Waals surface area contributed by atoms with Crippen molar-refractivity contribution >= 4 is 15.9 Å². The molecule has 90 valence electrons. The van der Waals surface area contributed by atoms with Crippen LogP contribution in [0.5, 0.6) is 5.75 Å². The largest absolute Gasteiger partial charge is 0.496 e. The van der Waals surface area contributed by atoms with Gasteiger partial charge in [-0.3, -0.25) is 0 Å². The molecule has 4 heteroatoms. The van der Waals surface area contributed by atoms with Crippen LogP contribution < -0.4 is 10.1 Å². The molecule has 0 radical (unpaired) electrons. The molecule has 0 bridgehead atoms. The van der Waals surface area contributed by atoms with Crippen molar-refractivity contribution in [3.05, 3.63) is 52.4 Å². The van der Waals surface area contributed by atoms with Crippen molar-refractivity contribution in [1.82, 2.24) is 5.32 Å². The van der Waals surface area contributed by atoms with E-state index in [1.165, 1.54) is 0 Å². The van der Waals surface area contributed by atoms with Crippen molar-refractivity contribution in [2.75, 3.05) is 14.2 Å². The minimum absolute atomic E-state index is 0.00644. The maximum atomic E-state index is 5.44. The highest BCUT2D eigenvalue weighted by Gasteiger charge is 2.18. The van der Waals surface area contributed by atoms with Gasteiger partial charge in [0.1, 0.15) is 11.5 Å². The summed E-state index contributed by atoms with van der Waals surface area (Å²) in [5.74, 6) is 1.70. The molecule has 1 aromatic heterocycles. The molecular formula is C13H14BrNO2. The predicted octanol–water partition coefficient (Wildman–Crippen LogP) is 3.36. The van der Waals surface area contributed by atoms with Gasteiger partial charge in [-0.05, 0) is 31.3 Å². The summed E-state index contributed by atoms with van der Waals surface area (Å²) in [6.07, 6.45) is 1.67. The Bertz CT molecular complexity index is 482. The van der Waals surface area contributed by atoms with Crippen LogP contribution in [-0.4, -0.2) is 14.2 Å². The lowest BCUT2D eigenvalue weighted by Crippen LogP contribution is -2.17. The van der Waals surface area contributed by atoms with Crippen LogP contribution in [0.15, 0.2) is 45.5 Å². The minimum Gasteiger partial charge on any atom is -0.496 e. The zero-order valence-electron chi connectivity index (χ0n) is 9.74. The Hall–Kier alpha value is -1.26. The molecule has 0 spiro atoms. The fraction of sp³-hybridized carbons (Fsp3) is 0.231. The summed E-state index contributed by atoms with van der Waals surface area (Å²) in [6, 6.07) is 9.78. The number of nitrogens with one attached hydrogen (secondary N) is 1. The van der Waals surface area contributed by atoms with E-state index < -0.39 is 0 Å². The summed E-state index contributed by atoms with van der Waals surface area (Å²) in [5, 5.41) is 3.23. The third-order valence-corrected chi connectivity index (χ3v) is 3.12. The quantitative estimate of drug-likeness (QED) is 0.939. The smallest absolute Gasteiger partial charge is 0.125 e. The molecule has 3 nitrogen and oxygen atoms in total. The highest BCUT2D eigenvalue weighted by atomic mass is 79.9. The van der Waals surface area contributed by atoms with E-state index in [-0.39, 0.29) is 6.04 Å². The third-order valence-electron chi connectivity index (χ3n) is 2.62. The summed E-state index contributed by atoms with van der Waals surface area (Å²) in [6.45, 7) is 0. The second-order valence-corrected chi connectivity index (χ2v) is 4.54. The molecule has 1 N–H and O–H groups in total.